The lowest BCUT2D eigenvalue weighted by atomic mass is 9.94. The van der Waals surface area contributed by atoms with E-state index >= 15 is 0 Å². The highest BCUT2D eigenvalue weighted by Gasteiger charge is 2.29. The number of hydrogen-bond acceptors (Lipinski definition) is 9. The molecule has 0 radical (unpaired) electrons. The van der Waals surface area contributed by atoms with Crippen LogP contribution in [0.5, 0.6) is 5.75 Å². The van der Waals surface area contributed by atoms with Crippen LogP contribution < -0.4 is 48.9 Å². The zero-order valence-corrected chi connectivity index (χ0v) is 17.0. The van der Waals surface area contributed by atoms with E-state index in [0.717, 1.165) is 28.9 Å². The SMILES string of the molecule is CC(C)Oc1cc(N)c(CN)cc1NC1NCNC(N)=C1C(N)C1=CCNC=C1. The van der Waals surface area contributed by atoms with E-state index in [-0.39, 0.29) is 18.3 Å². The molecule has 0 fully saturated rings. The third-order valence-corrected chi connectivity index (χ3v) is 4.87. The first kappa shape index (κ1) is 20.8. The summed E-state index contributed by atoms with van der Waals surface area (Å²) < 4.78 is 5.97. The zero-order valence-electron chi connectivity index (χ0n) is 17.0. The third kappa shape index (κ3) is 4.76. The molecule has 2 atom stereocenters. The molecule has 0 amide bonds. The Hall–Kier alpha value is -2.88. The molecule has 0 spiro atoms. The molecular formula is C20H32N8O. The standard InChI is InChI=1S/C20H32N8O/c1-11(2)29-16-8-14(22)13(9-21)7-15(16)28-20-17(19(24)26-10-27-20)18(23)12-3-5-25-6-4-12/h3-5,7-8,11,18,20,25-28H,6,9-10,21-24H2,1-2H3. The van der Waals surface area contributed by atoms with E-state index in [1.165, 1.54) is 0 Å². The molecule has 29 heavy (non-hydrogen) atoms. The Morgan fingerprint density at radius 1 is 1.28 bits per heavy atom. The molecule has 9 nitrogen and oxygen atoms in total. The van der Waals surface area contributed by atoms with Gasteiger partial charge in [0, 0.05) is 30.4 Å². The summed E-state index contributed by atoms with van der Waals surface area (Å²) in [6.45, 7) is 5.51. The van der Waals surface area contributed by atoms with E-state index in [4.69, 9.17) is 27.7 Å². The minimum atomic E-state index is -0.372. The Labute approximate surface area is 171 Å². The molecule has 3 rings (SSSR count). The molecule has 0 aromatic heterocycles. The highest BCUT2D eigenvalue weighted by atomic mass is 16.5. The molecule has 1 aromatic carbocycles. The van der Waals surface area contributed by atoms with Crippen molar-refractivity contribution >= 4 is 11.4 Å². The van der Waals surface area contributed by atoms with Crippen LogP contribution >= 0.6 is 0 Å². The monoisotopic (exact) mass is 400 g/mol. The Morgan fingerprint density at radius 2 is 2.07 bits per heavy atom. The van der Waals surface area contributed by atoms with Crippen molar-refractivity contribution in [2.24, 2.45) is 17.2 Å². The van der Waals surface area contributed by atoms with Crippen LogP contribution in [-0.2, 0) is 6.54 Å². The predicted molar refractivity (Wildman–Crippen MR) is 117 cm³/mol. The van der Waals surface area contributed by atoms with Gasteiger partial charge in [0.2, 0.25) is 0 Å². The molecule has 9 heteroatoms. The molecule has 1 aromatic rings. The van der Waals surface area contributed by atoms with Crippen LogP contribution in [-0.4, -0.2) is 31.5 Å². The van der Waals surface area contributed by atoms with Gasteiger partial charge in [-0.2, -0.15) is 0 Å². The summed E-state index contributed by atoms with van der Waals surface area (Å²) in [5.74, 6) is 1.21. The van der Waals surface area contributed by atoms with Crippen LogP contribution in [0.25, 0.3) is 0 Å². The van der Waals surface area contributed by atoms with E-state index in [1.54, 1.807) is 6.07 Å². The van der Waals surface area contributed by atoms with E-state index in [1.807, 2.05) is 32.2 Å². The molecule has 2 aliphatic heterocycles. The van der Waals surface area contributed by atoms with Crippen molar-refractivity contribution in [3.05, 3.63) is 53.0 Å². The van der Waals surface area contributed by atoms with Crippen LogP contribution in [0.1, 0.15) is 19.4 Å². The van der Waals surface area contributed by atoms with Crippen molar-refractivity contribution in [2.75, 3.05) is 24.3 Å². The fourth-order valence-corrected chi connectivity index (χ4v) is 3.41. The van der Waals surface area contributed by atoms with Gasteiger partial charge >= 0.3 is 0 Å². The first-order chi connectivity index (χ1) is 13.9. The number of ether oxygens (including phenoxy) is 1. The maximum atomic E-state index is 6.58. The maximum absolute atomic E-state index is 6.58. The second kappa shape index (κ2) is 9.08. The van der Waals surface area contributed by atoms with E-state index in [0.29, 0.717) is 30.5 Å². The van der Waals surface area contributed by atoms with Crippen molar-refractivity contribution in [3.8, 4) is 5.75 Å². The second-order valence-electron chi connectivity index (χ2n) is 7.35. The largest absolute Gasteiger partial charge is 0.489 e. The Bertz CT molecular complexity index is 830. The third-order valence-electron chi connectivity index (χ3n) is 4.87. The number of nitrogens with one attached hydrogen (secondary N) is 4. The number of benzene rings is 1. The summed E-state index contributed by atoms with van der Waals surface area (Å²) in [6, 6.07) is 3.35. The van der Waals surface area contributed by atoms with Crippen molar-refractivity contribution in [2.45, 2.75) is 38.7 Å². The number of nitrogens with two attached hydrogens (primary N) is 4. The minimum Gasteiger partial charge on any atom is -0.489 e. The van der Waals surface area contributed by atoms with Gasteiger partial charge in [0.1, 0.15) is 17.7 Å². The highest BCUT2D eigenvalue weighted by molar-refractivity contribution is 5.67. The predicted octanol–water partition coefficient (Wildman–Crippen LogP) is -0.0561. The lowest BCUT2D eigenvalue weighted by Crippen LogP contribution is -2.54. The summed E-state index contributed by atoms with van der Waals surface area (Å²) in [5, 5.41) is 13.1. The van der Waals surface area contributed by atoms with Gasteiger partial charge in [-0.25, -0.2) is 0 Å². The van der Waals surface area contributed by atoms with Gasteiger partial charge in [-0.3, -0.25) is 5.32 Å². The molecule has 0 bridgehead atoms. The van der Waals surface area contributed by atoms with Gasteiger partial charge in [0.25, 0.3) is 0 Å². The van der Waals surface area contributed by atoms with Crippen LogP contribution in [0.3, 0.4) is 0 Å². The van der Waals surface area contributed by atoms with Gasteiger partial charge in [0.15, 0.2) is 0 Å². The second-order valence-corrected chi connectivity index (χ2v) is 7.35. The summed E-state index contributed by atoms with van der Waals surface area (Å²) >= 11 is 0. The molecule has 12 N–H and O–H groups in total. The molecule has 0 saturated carbocycles. The van der Waals surface area contributed by atoms with E-state index in [2.05, 4.69) is 27.3 Å². The smallest absolute Gasteiger partial charge is 0.144 e. The summed E-state index contributed by atoms with van der Waals surface area (Å²) in [6.07, 6.45) is 5.61. The molecule has 2 heterocycles. The first-order valence-electron chi connectivity index (χ1n) is 9.78. The number of rotatable bonds is 7. The maximum Gasteiger partial charge on any atom is 0.144 e. The van der Waals surface area contributed by atoms with Crippen molar-refractivity contribution in [3.63, 3.8) is 0 Å². The highest BCUT2D eigenvalue weighted by Crippen LogP contribution is 2.33. The average Bonchev–Trinajstić information content (AvgIpc) is 2.70. The number of nitrogen functional groups attached to an aromatic ring is 1. The van der Waals surface area contributed by atoms with Crippen molar-refractivity contribution in [1.82, 2.24) is 16.0 Å². The summed E-state index contributed by atoms with van der Waals surface area (Å²) in [4.78, 5) is 0. The average molecular weight is 401 g/mol. The zero-order chi connectivity index (χ0) is 21.0. The molecule has 0 aliphatic carbocycles. The van der Waals surface area contributed by atoms with Crippen LogP contribution in [0, 0.1) is 0 Å². The van der Waals surface area contributed by atoms with Gasteiger partial charge in [-0.1, -0.05) is 6.08 Å². The number of dihydropyridines is 1. The molecule has 0 saturated heterocycles. The van der Waals surface area contributed by atoms with Gasteiger partial charge < -0.3 is 43.6 Å². The summed E-state index contributed by atoms with van der Waals surface area (Å²) in [7, 11) is 0. The lowest BCUT2D eigenvalue weighted by molar-refractivity contribution is 0.243. The van der Waals surface area contributed by atoms with Gasteiger partial charge in [0.05, 0.1) is 24.5 Å². The molecule has 2 aliphatic rings. The fraction of sp³-hybridized carbons (Fsp3) is 0.400. The Balaban J connectivity index is 1.94. The van der Waals surface area contributed by atoms with E-state index < -0.39 is 0 Å². The van der Waals surface area contributed by atoms with Crippen LogP contribution in [0.2, 0.25) is 0 Å². The van der Waals surface area contributed by atoms with Crippen molar-refractivity contribution in [1.29, 1.82) is 0 Å². The van der Waals surface area contributed by atoms with Crippen LogP contribution in [0.4, 0.5) is 11.4 Å². The number of hydrogen-bond donors (Lipinski definition) is 8. The Kier molecular flexibility index (Phi) is 6.53. The molecule has 2 unspecified atom stereocenters. The van der Waals surface area contributed by atoms with E-state index in [9.17, 15) is 0 Å². The fourth-order valence-electron chi connectivity index (χ4n) is 3.41. The quantitative estimate of drug-likeness (QED) is 0.293. The van der Waals surface area contributed by atoms with Crippen molar-refractivity contribution < 1.29 is 4.74 Å². The normalized spacial score (nSPS) is 20.0. The topological polar surface area (TPSA) is 161 Å². The minimum absolute atomic E-state index is 0.00738. The van der Waals surface area contributed by atoms with Crippen LogP contribution in [0.15, 0.2) is 47.5 Å². The Morgan fingerprint density at radius 3 is 2.72 bits per heavy atom. The molecular weight excluding hydrogens is 368 g/mol. The lowest BCUT2D eigenvalue weighted by Gasteiger charge is -2.35. The number of anilines is 2. The van der Waals surface area contributed by atoms with Gasteiger partial charge in [-0.05, 0) is 43.3 Å². The van der Waals surface area contributed by atoms with Gasteiger partial charge in [-0.15, -0.1) is 0 Å². The summed E-state index contributed by atoms with van der Waals surface area (Å²) in [5.41, 5.74) is 28.9. The molecule has 158 valence electrons. The first-order valence-corrected chi connectivity index (χ1v) is 9.78.